The Morgan fingerprint density at radius 2 is 2.13 bits per heavy atom. The first-order valence-electron chi connectivity index (χ1n) is 4.91. The van der Waals surface area contributed by atoms with Gasteiger partial charge in [0.05, 0.1) is 0 Å². The van der Waals surface area contributed by atoms with E-state index >= 15 is 0 Å². The van der Waals surface area contributed by atoms with Crippen LogP contribution in [0.5, 0.6) is 0 Å². The van der Waals surface area contributed by atoms with Crippen molar-refractivity contribution in [3.05, 3.63) is 5.82 Å². The summed E-state index contributed by atoms with van der Waals surface area (Å²) in [7, 11) is 1.49. The summed E-state index contributed by atoms with van der Waals surface area (Å²) < 4.78 is 24.0. The van der Waals surface area contributed by atoms with Crippen molar-refractivity contribution in [3.63, 3.8) is 0 Å². The number of halogens is 1. The molecule has 0 saturated heterocycles. The molecule has 0 aromatic carbocycles. The average molecular weight is 250 g/mol. The monoisotopic (exact) mass is 249 g/mol. The van der Waals surface area contributed by atoms with E-state index in [0.717, 1.165) is 18.7 Å². The number of hydrogen-bond donors (Lipinski definition) is 0. The van der Waals surface area contributed by atoms with E-state index < -0.39 is 9.05 Å². The molecule has 0 atom stereocenters. The van der Waals surface area contributed by atoms with Crippen LogP contribution in [0, 0.1) is 0 Å². The van der Waals surface area contributed by atoms with Crippen LogP contribution < -0.4 is 0 Å². The van der Waals surface area contributed by atoms with Crippen LogP contribution in [0.3, 0.4) is 0 Å². The van der Waals surface area contributed by atoms with Crippen molar-refractivity contribution < 1.29 is 8.42 Å². The molecule has 1 aliphatic carbocycles. The lowest BCUT2D eigenvalue weighted by Crippen LogP contribution is -2.16. The number of rotatable bonds is 3. The summed E-state index contributed by atoms with van der Waals surface area (Å²) in [4.78, 5) is 0. The average Bonchev–Trinajstić information content (AvgIpc) is 2.43. The van der Waals surface area contributed by atoms with Gasteiger partial charge in [-0.05, 0) is 19.8 Å². The van der Waals surface area contributed by atoms with Gasteiger partial charge in [-0.3, -0.25) is 0 Å². The van der Waals surface area contributed by atoms with Crippen molar-refractivity contribution in [1.82, 2.24) is 14.8 Å². The fourth-order valence-electron chi connectivity index (χ4n) is 1.75. The highest BCUT2D eigenvalue weighted by Crippen LogP contribution is 2.36. The molecule has 1 aromatic heterocycles. The zero-order valence-electron chi connectivity index (χ0n) is 8.35. The predicted octanol–water partition coefficient (Wildman–Crippen LogP) is 1.49. The third kappa shape index (κ3) is 1.88. The van der Waals surface area contributed by atoms with Gasteiger partial charge in [0.25, 0.3) is 14.2 Å². The summed E-state index contributed by atoms with van der Waals surface area (Å²) in [5.41, 5.74) is 0. The number of aromatic nitrogens is 3. The summed E-state index contributed by atoms with van der Waals surface area (Å²) in [5.74, 6) is 1.10. The maximum absolute atomic E-state index is 11.2. The zero-order chi connectivity index (χ0) is 11.1. The van der Waals surface area contributed by atoms with E-state index in [4.69, 9.17) is 10.7 Å². The second kappa shape index (κ2) is 3.75. The summed E-state index contributed by atoms with van der Waals surface area (Å²) >= 11 is 0. The molecule has 5 nitrogen and oxygen atoms in total. The highest BCUT2D eigenvalue weighted by molar-refractivity contribution is 8.13. The van der Waals surface area contributed by atoms with Gasteiger partial charge in [-0.25, -0.2) is 8.42 Å². The zero-order valence-corrected chi connectivity index (χ0v) is 9.92. The Labute approximate surface area is 92.9 Å². The van der Waals surface area contributed by atoms with E-state index in [2.05, 4.69) is 10.2 Å². The molecule has 0 radical (unpaired) electrons. The Balaban J connectivity index is 2.45. The normalized spacial score (nSPS) is 17.7. The Kier molecular flexibility index (Phi) is 2.72. The lowest BCUT2D eigenvalue weighted by atomic mass is 9.85. The Morgan fingerprint density at radius 3 is 2.53 bits per heavy atom. The van der Waals surface area contributed by atoms with Gasteiger partial charge in [0, 0.05) is 23.1 Å². The maximum atomic E-state index is 11.2. The molecule has 0 N–H and O–H groups in total. The van der Waals surface area contributed by atoms with Gasteiger partial charge in [0.15, 0.2) is 0 Å². The van der Waals surface area contributed by atoms with Gasteiger partial charge in [-0.15, -0.1) is 10.2 Å². The standard InChI is InChI=1S/C8H12ClN3O2S/c1-2-12-7(6-4-3-5-6)10-11-8(12)15(9,13)14/h6H,2-5H2,1H3. The van der Waals surface area contributed by atoms with E-state index in [1.807, 2.05) is 6.92 Å². The first-order chi connectivity index (χ1) is 7.04. The second-order valence-electron chi connectivity index (χ2n) is 3.65. The fourth-order valence-corrected chi connectivity index (χ4v) is 2.71. The van der Waals surface area contributed by atoms with Crippen molar-refractivity contribution in [1.29, 1.82) is 0 Å². The minimum absolute atomic E-state index is 0.131. The summed E-state index contributed by atoms with van der Waals surface area (Å²) in [5, 5.41) is 7.45. The van der Waals surface area contributed by atoms with E-state index in [0.29, 0.717) is 12.5 Å². The minimum atomic E-state index is -3.78. The molecule has 1 aromatic rings. The van der Waals surface area contributed by atoms with Gasteiger partial charge in [0.1, 0.15) is 5.82 Å². The third-order valence-electron chi connectivity index (χ3n) is 2.75. The van der Waals surface area contributed by atoms with Crippen molar-refractivity contribution in [3.8, 4) is 0 Å². The van der Waals surface area contributed by atoms with Gasteiger partial charge in [0.2, 0.25) is 0 Å². The Bertz CT molecular complexity index is 464. The van der Waals surface area contributed by atoms with Gasteiger partial charge < -0.3 is 4.57 Å². The largest absolute Gasteiger partial charge is 0.301 e. The molecule has 1 heterocycles. The van der Waals surface area contributed by atoms with Crippen LogP contribution in [0.4, 0.5) is 0 Å². The van der Waals surface area contributed by atoms with E-state index in [1.54, 1.807) is 4.57 Å². The SMILES string of the molecule is CCn1c(C2CCC2)nnc1S(=O)(=O)Cl. The van der Waals surface area contributed by atoms with E-state index in [1.165, 1.54) is 6.42 Å². The maximum Gasteiger partial charge on any atom is 0.296 e. The van der Waals surface area contributed by atoms with Crippen LogP contribution in [-0.2, 0) is 15.6 Å². The van der Waals surface area contributed by atoms with Crippen molar-refractivity contribution in [2.24, 2.45) is 0 Å². The van der Waals surface area contributed by atoms with Crippen LogP contribution in [0.1, 0.15) is 37.9 Å². The summed E-state index contributed by atoms with van der Waals surface area (Å²) in [6, 6.07) is 0. The molecular formula is C8H12ClN3O2S. The molecule has 7 heteroatoms. The molecule has 0 amide bonds. The summed E-state index contributed by atoms with van der Waals surface area (Å²) in [6.45, 7) is 2.39. The van der Waals surface area contributed by atoms with Crippen LogP contribution in [0.15, 0.2) is 5.16 Å². The smallest absolute Gasteiger partial charge is 0.296 e. The first kappa shape index (κ1) is 10.9. The van der Waals surface area contributed by atoms with Crippen molar-refractivity contribution >= 4 is 19.7 Å². The molecule has 0 bridgehead atoms. The van der Waals surface area contributed by atoms with Gasteiger partial charge in [-0.2, -0.15) is 0 Å². The molecule has 1 aliphatic rings. The lowest BCUT2D eigenvalue weighted by Gasteiger charge is -2.24. The molecule has 15 heavy (non-hydrogen) atoms. The minimum Gasteiger partial charge on any atom is -0.301 e. The Morgan fingerprint density at radius 1 is 1.47 bits per heavy atom. The topological polar surface area (TPSA) is 64.8 Å². The molecule has 1 fully saturated rings. The highest BCUT2D eigenvalue weighted by Gasteiger charge is 2.29. The predicted molar refractivity (Wildman–Crippen MR) is 55.3 cm³/mol. The first-order valence-corrected chi connectivity index (χ1v) is 7.22. The van der Waals surface area contributed by atoms with Crippen LogP contribution in [-0.4, -0.2) is 23.2 Å². The second-order valence-corrected chi connectivity index (χ2v) is 6.11. The van der Waals surface area contributed by atoms with Crippen LogP contribution in [0.25, 0.3) is 0 Å². The van der Waals surface area contributed by atoms with E-state index in [-0.39, 0.29) is 5.16 Å². The molecule has 0 unspecified atom stereocenters. The molecular weight excluding hydrogens is 238 g/mol. The fraction of sp³-hybridized carbons (Fsp3) is 0.750. The molecule has 0 aliphatic heterocycles. The third-order valence-corrected chi connectivity index (χ3v) is 3.90. The molecule has 0 spiro atoms. The number of nitrogens with zero attached hydrogens (tertiary/aromatic N) is 3. The van der Waals surface area contributed by atoms with Crippen molar-refractivity contribution in [2.75, 3.05) is 0 Å². The van der Waals surface area contributed by atoms with Crippen LogP contribution in [0.2, 0.25) is 0 Å². The molecule has 84 valence electrons. The molecule has 1 saturated carbocycles. The van der Waals surface area contributed by atoms with Gasteiger partial charge in [-0.1, -0.05) is 6.42 Å². The summed E-state index contributed by atoms with van der Waals surface area (Å²) in [6.07, 6.45) is 3.28. The number of hydrogen-bond acceptors (Lipinski definition) is 4. The lowest BCUT2D eigenvalue weighted by molar-refractivity contribution is 0.384. The van der Waals surface area contributed by atoms with Gasteiger partial charge >= 0.3 is 0 Å². The van der Waals surface area contributed by atoms with E-state index in [9.17, 15) is 8.42 Å². The van der Waals surface area contributed by atoms with Crippen molar-refractivity contribution in [2.45, 2.75) is 43.8 Å². The Hall–Kier alpha value is -0.620. The quantitative estimate of drug-likeness (QED) is 0.762. The molecule has 2 rings (SSSR count). The van der Waals surface area contributed by atoms with Crippen LogP contribution >= 0.6 is 10.7 Å². The highest BCUT2D eigenvalue weighted by atomic mass is 35.7.